The quantitative estimate of drug-likeness (QED) is 0.332. The van der Waals surface area contributed by atoms with Crippen molar-refractivity contribution in [3.05, 3.63) is 40.7 Å². The van der Waals surface area contributed by atoms with Crippen LogP contribution in [0.2, 0.25) is 0 Å². The molecule has 37 heavy (non-hydrogen) atoms. The first-order valence-corrected chi connectivity index (χ1v) is 12.7. The van der Waals surface area contributed by atoms with E-state index in [0.29, 0.717) is 56.5 Å². The number of hydrogen-bond donors (Lipinski definition) is 2. The van der Waals surface area contributed by atoms with Gasteiger partial charge in [0.2, 0.25) is 5.75 Å². The van der Waals surface area contributed by atoms with Crippen LogP contribution in [0.15, 0.2) is 35.2 Å². The fourth-order valence-electron chi connectivity index (χ4n) is 4.58. The molecule has 9 heteroatoms. The van der Waals surface area contributed by atoms with Crippen LogP contribution in [0.1, 0.15) is 57.9 Å². The number of Topliss-reactive ketones (excluding diaryl/α,β-unsaturated/α-hetero) is 1. The van der Waals surface area contributed by atoms with E-state index in [1.807, 2.05) is 12.1 Å². The number of rotatable bonds is 11. The van der Waals surface area contributed by atoms with E-state index in [4.69, 9.17) is 24.7 Å². The second-order valence-corrected chi connectivity index (χ2v) is 9.30. The highest BCUT2D eigenvalue weighted by Gasteiger charge is 2.37. The highest BCUT2D eigenvalue weighted by atomic mass is 16.5. The molecule has 0 fully saturated rings. The summed E-state index contributed by atoms with van der Waals surface area (Å²) in [7, 11) is 4.78. The summed E-state index contributed by atoms with van der Waals surface area (Å²) in [6, 6.07) is 3.85. The average Bonchev–Trinajstić information content (AvgIpc) is 3.04. The molecule has 1 heterocycles. The lowest BCUT2D eigenvalue weighted by Crippen LogP contribution is -2.29. The van der Waals surface area contributed by atoms with Gasteiger partial charge in [-0.15, -0.1) is 0 Å². The predicted octanol–water partition coefficient (Wildman–Crippen LogP) is 3.86. The predicted molar refractivity (Wildman–Crippen MR) is 142 cm³/mol. The number of carbonyl (C=O) groups is 2. The van der Waals surface area contributed by atoms with E-state index in [-0.39, 0.29) is 17.1 Å². The molecule has 0 radical (unpaired) electrons. The van der Waals surface area contributed by atoms with Gasteiger partial charge in [-0.05, 0) is 42.9 Å². The Morgan fingerprint density at radius 1 is 1.14 bits per heavy atom. The number of benzene rings is 1. The Kier molecular flexibility index (Phi) is 11.9. The Balaban J connectivity index is 0.000000877. The van der Waals surface area contributed by atoms with Crippen molar-refractivity contribution < 1.29 is 33.3 Å². The first-order chi connectivity index (χ1) is 17.8. The molecule has 3 N–H and O–H groups in total. The Hall–Kier alpha value is -3.04. The molecule has 0 aromatic heterocycles. The van der Waals surface area contributed by atoms with Gasteiger partial charge < -0.3 is 34.7 Å². The largest absolute Gasteiger partial charge is 0.493 e. The Morgan fingerprint density at radius 2 is 1.81 bits per heavy atom. The summed E-state index contributed by atoms with van der Waals surface area (Å²) < 4.78 is 26.5. The molecular formula is C28H42N2O7. The molecule has 206 valence electrons. The third kappa shape index (κ3) is 7.72. The molecule has 0 saturated heterocycles. The zero-order valence-electron chi connectivity index (χ0n) is 23.0. The minimum Gasteiger partial charge on any atom is -0.493 e. The number of ketones is 1. The third-order valence-corrected chi connectivity index (χ3v) is 6.83. The van der Waals surface area contributed by atoms with Crippen LogP contribution in [0.3, 0.4) is 0 Å². The van der Waals surface area contributed by atoms with E-state index in [0.717, 1.165) is 41.8 Å². The molecule has 0 amide bonds. The normalized spacial score (nSPS) is 20.9. The molecule has 2 atom stereocenters. The summed E-state index contributed by atoms with van der Waals surface area (Å²) in [5, 5.41) is 3.52. The van der Waals surface area contributed by atoms with E-state index in [2.05, 4.69) is 30.0 Å². The van der Waals surface area contributed by atoms with Gasteiger partial charge >= 0.3 is 0 Å². The minimum atomic E-state index is -0.233. The van der Waals surface area contributed by atoms with Gasteiger partial charge in [-0.2, -0.15) is 0 Å². The average molecular weight is 519 g/mol. The maximum atomic E-state index is 13.4. The lowest BCUT2D eigenvalue weighted by molar-refractivity contribution is -0.128. The van der Waals surface area contributed by atoms with Crippen molar-refractivity contribution in [2.24, 2.45) is 11.1 Å². The van der Waals surface area contributed by atoms with Gasteiger partial charge in [0.05, 0.1) is 41.2 Å². The maximum Gasteiger partial charge on any atom is 0.293 e. The molecule has 0 saturated carbocycles. The molecule has 0 spiro atoms. The van der Waals surface area contributed by atoms with Gasteiger partial charge in [-0.25, -0.2) is 0 Å². The number of ether oxygens (including phenoxy) is 5. The van der Waals surface area contributed by atoms with Crippen LogP contribution < -0.4 is 25.3 Å². The number of dihydropyridines is 1. The summed E-state index contributed by atoms with van der Waals surface area (Å²) in [6.45, 7) is 8.46. The second kappa shape index (κ2) is 14.6. The van der Waals surface area contributed by atoms with Crippen molar-refractivity contribution in [2.75, 3.05) is 47.7 Å². The molecule has 0 bridgehead atoms. The minimum absolute atomic E-state index is 0.0696. The van der Waals surface area contributed by atoms with Gasteiger partial charge in [-0.1, -0.05) is 26.3 Å². The molecule has 1 aromatic carbocycles. The number of methoxy groups -OCH3 is 3. The first-order valence-electron chi connectivity index (χ1n) is 12.7. The fraction of sp³-hybridized carbons (Fsp3) is 0.571. The molecule has 1 aromatic rings. The molecule has 1 aliphatic heterocycles. The van der Waals surface area contributed by atoms with E-state index in [9.17, 15) is 9.59 Å². The van der Waals surface area contributed by atoms with Crippen LogP contribution in [-0.4, -0.2) is 60.0 Å². The van der Waals surface area contributed by atoms with Crippen molar-refractivity contribution in [1.82, 2.24) is 5.32 Å². The topological polar surface area (TPSA) is 118 Å². The molecule has 2 unspecified atom stereocenters. The van der Waals surface area contributed by atoms with Crippen molar-refractivity contribution in [3.8, 4) is 17.2 Å². The number of carbonyl (C=O) groups excluding carboxylic acids is 2. The van der Waals surface area contributed by atoms with Crippen LogP contribution in [0, 0.1) is 5.41 Å². The van der Waals surface area contributed by atoms with Crippen molar-refractivity contribution in [3.63, 3.8) is 0 Å². The number of allylic oxidation sites excluding steroid dienone is 3. The van der Waals surface area contributed by atoms with Crippen LogP contribution in [-0.2, 0) is 19.1 Å². The van der Waals surface area contributed by atoms with Gasteiger partial charge in [0.15, 0.2) is 17.3 Å². The summed E-state index contributed by atoms with van der Waals surface area (Å²) in [5.41, 5.74) is 9.32. The highest BCUT2D eigenvalue weighted by molar-refractivity contribution is 5.98. The van der Waals surface area contributed by atoms with Gasteiger partial charge in [-0.3, -0.25) is 9.59 Å². The van der Waals surface area contributed by atoms with E-state index < -0.39 is 0 Å². The summed E-state index contributed by atoms with van der Waals surface area (Å²) in [4.78, 5) is 22.6. The second-order valence-electron chi connectivity index (χ2n) is 9.30. The number of hydrogen-bond acceptors (Lipinski definition) is 9. The van der Waals surface area contributed by atoms with Crippen LogP contribution in [0.5, 0.6) is 17.2 Å². The maximum absolute atomic E-state index is 13.4. The Labute approximate surface area is 220 Å². The Bertz CT molecular complexity index is 964. The van der Waals surface area contributed by atoms with E-state index in [1.54, 1.807) is 28.3 Å². The van der Waals surface area contributed by atoms with E-state index in [1.165, 1.54) is 0 Å². The molecule has 9 nitrogen and oxygen atoms in total. The van der Waals surface area contributed by atoms with Crippen molar-refractivity contribution in [1.29, 1.82) is 0 Å². The smallest absolute Gasteiger partial charge is 0.293 e. The number of nitrogens with one attached hydrogen (secondary N) is 1. The molecule has 2 aliphatic rings. The van der Waals surface area contributed by atoms with Gasteiger partial charge in [0.1, 0.15) is 0 Å². The van der Waals surface area contributed by atoms with Crippen LogP contribution in [0.25, 0.3) is 0 Å². The molecular weight excluding hydrogens is 476 g/mol. The summed E-state index contributed by atoms with van der Waals surface area (Å²) in [5.74, 6) is 1.61. The van der Waals surface area contributed by atoms with Gasteiger partial charge in [0, 0.05) is 35.9 Å². The third-order valence-electron chi connectivity index (χ3n) is 6.83. The Morgan fingerprint density at radius 3 is 2.30 bits per heavy atom. The van der Waals surface area contributed by atoms with Crippen molar-refractivity contribution in [2.45, 2.75) is 52.4 Å². The van der Waals surface area contributed by atoms with Crippen molar-refractivity contribution >= 4 is 12.3 Å². The lowest BCUT2D eigenvalue weighted by Gasteiger charge is -2.32. The summed E-state index contributed by atoms with van der Waals surface area (Å²) >= 11 is 0. The number of nitrogens with two attached hydrogens (primary N) is 1. The molecule has 3 rings (SSSR count). The van der Waals surface area contributed by atoms with Crippen LogP contribution >= 0.6 is 0 Å². The highest BCUT2D eigenvalue weighted by Crippen LogP contribution is 2.47. The van der Waals surface area contributed by atoms with Crippen LogP contribution in [0.4, 0.5) is 0 Å². The standard InChI is InChI=1S/C25H36N2O5.C3H6O2/c1-6-25(2)8-7-20(28)23-18(13-17(15-32-10-9-26)27-19(23)14-25)16-11-21(29-3)24(31-5)22(12-16)30-4;1-2-5-3-4/h11-13,18,27H,6-10,14-15,26H2,1-5H3;3H,2H2,1H3. The zero-order chi connectivity index (χ0) is 27.4. The fourth-order valence-corrected chi connectivity index (χ4v) is 4.58. The SMILES string of the molecule is CCC1(C)CCC(=O)C2=C(C1)NC(COCCN)=CC2c1cc(OC)c(OC)c(OC)c1.CCOC=O. The van der Waals surface area contributed by atoms with Gasteiger partial charge in [0.25, 0.3) is 6.47 Å². The molecule has 1 aliphatic carbocycles. The first kappa shape index (κ1) is 30.2. The monoisotopic (exact) mass is 518 g/mol. The zero-order valence-corrected chi connectivity index (χ0v) is 23.0. The lowest BCUT2D eigenvalue weighted by atomic mass is 9.79. The van der Waals surface area contributed by atoms with E-state index >= 15 is 0 Å². The summed E-state index contributed by atoms with van der Waals surface area (Å²) in [6.07, 6.45) is 5.31.